The van der Waals surface area contributed by atoms with E-state index in [0.717, 1.165) is 12.8 Å². The van der Waals surface area contributed by atoms with Gasteiger partial charge in [-0.15, -0.1) is 0 Å². The number of carbonyl (C=O) groups excluding carboxylic acids is 1. The van der Waals surface area contributed by atoms with E-state index in [0.29, 0.717) is 0 Å². The molecule has 1 unspecified atom stereocenters. The molecule has 6 nitrogen and oxygen atoms in total. The van der Waals surface area contributed by atoms with Crippen LogP contribution < -0.4 is 5.32 Å². The van der Waals surface area contributed by atoms with Crippen LogP contribution in [0.3, 0.4) is 0 Å². The summed E-state index contributed by atoms with van der Waals surface area (Å²) in [5.41, 5.74) is 0. The Labute approximate surface area is 101 Å². The van der Waals surface area contributed by atoms with E-state index in [-0.39, 0.29) is 19.0 Å². The zero-order chi connectivity index (χ0) is 13.0. The molecule has 0 aromatic rings. The van der Waals surface area contributed by atoms with Gasteiger partial charge in [-0.25, -0.2) is 9.59 Å². The first-order valence-electron chi connectivity index (χ1n) is 5.93. The number of amides is 2. The van der Waals surface area contributed by atoms with E-state index >= 15 is 0 Å². The van der Waals surface area contributed by atoms with Crippen molar-refractivity contribution in [2.45, 2.75) is 51.3 Å². The highest BCUT2D eigenvalue weighted by molar-refractivity contribution is 5.83. The van der Waals surface area contributed by atoms with Crippen molar-refractivity contribution >= 4 is 12.0 Å². The second-order valence-corrected chi connectivity index (χ2v) is 4.54. The summed E-state index contributed by atoms with van der Waals surface area (Å²) in [7, 11) is 0. The van der Waals surface area contributed by atoms with Gasteiger partial charge in [-0.3, -0.25) is 0 Å². The highest BCUT2D eigenvalue weighted by Crippen LogP contribution is 2.18. The Morgan fingerprint density at radius 1 is 1.53 bits per heavy atom. The zero-order valence-electron chi connectivity index (χ0n) is 10.2. The van der Waals surface area contributed by atoms with Crippen molar-refractivity contribution in [3.63, 3.8) is 0 Å². The molecule has 0 aliphatic carbocycles. The first kappa shape index (κ1) is 13.8. The quantitative estimate of drug-likeness (QED) is 0.668. The van der Waals surface area contributed by atoms with Crippen LogP contribution in [-0.2, 0) is 4.79 Å². The second kappa shape index (κ2) is 5.86. The van der Waals surface area contributed by atoms with Gasteiger partial charge >= 0.3 is 12.0 Å². The average Bonchev–Trinajstić information content (AvgIpc) is 2.60. The third-order valence-electron chi connectivity index (χ3n) is 2.92. The van der Waals surface area contributed by atoms with E-state index in [1.807, 2.05) is 13.8 Å². The number of carboxylic acid groups (broad SMARTS) is 1. The molecule has 6 heteroatoms. The Morgan fingerprint density at radius 2 is 2.18 bits per heavy atom. The van der Waals surface area contributed by atoms with E-state index in [9.17, 15) is 14.7 Å². The summed E-state index contributed by atoms with van der Waals surface area (Å²) in [6.07, 6.45) is 1.15. The number of aliphatic hydroxyl groups is 1. The van der Waals surface area contributed by atoms with E-state index in [2.05, 4.69) is 5.32 Å². The Hall–Kier alpha value is -1.30. The lowest BCUT2D eigenvalue weighted by Gasteiger charge is -2.24. The van der Waals surface area contributed by atoms with Crippen molar-refractivity contribution in [2.24, 2.45) is 0 Å². The maximum Gasteiger partial charge on any atom is 0.326 e. The Bertz CT molecular complexity index is 295. The lowest BCUT2D eigenvalue weighted by molar-refractivity contribution is -0.141. The molecular formula is C11H20N2O4. The molecule has 0 spiro atoms. The molecule has 0 aromatic heterocycles. The molecule has 1 saturated heterocycles. The molecule has 0 aromatic carbocycles. The lowest BCUT2D eigenvalue weighted by Crippen LogP contribution is -2.48. The molecule has 1 heterocycles. The monoisotopic (exact) mass is 244 g/mol. The van der Waals surface area contributed by atoms with Crippen LogP contribution in [-0.4, -0.2) is 51.8 Å². The van der Waals surface area contributed by atoms with Gasteiger partial charge in [0.2, 0.25) is 0 Å². The Balaban J connectivity index is 2.58. The fourth-order valence-corrected chi connectivity index (χ4v) is 2.07. The molecule has 0 saturated carbocycles. The van der Waals surface area contributed by atoms with Gasteiger partial charge in [0.1, 0.15) is 6.04 Å². The van der Waals surface area contributed by atoms with Crippen LogP contribution in [0.15, 0.2) is 0 Å². The number of hydrogen-bond donors (Lipinski definition) is 3. The number of nitrogens with zero attached hydrogens (tertiary/aromatic N) is 1. The van der Waals surface area contributed by atoms with Gasteiger partial charge in [0.05, 0.1) is 6.10 Å². The summed E-state index contributed by atoms with van der Waals surface area (Å²) in [4.78, 5) is 24.0. The van der Waals surface area contributed by atoms with Gasteiger partial charge in [0.15, 0.2) is 0 Å². The summed E-state index contributed by atoms with van der Waals surface area (Å²) in [6.45, 7) is 3.98. The molecule has 0 radical (unpaired) electrons. The minimum atomic E-state index is -1.07. The third kappa shape index (κ3) is 3.59. The molecular weight excluding hydrogens is 224 g/mol. The smallest absolute Gasteiger partial charge is 0.326 e. The standard InChI is InChI=1S/C11H20N2O4/c1-3-4-7(2)12-11(17)13-6-8(14)5-9(13)10(15)16/h7-9,14H,3-6H2,1-2H3,(H,12,17)(H,15,16)/t7?,8-,9-/m1/s1. The first-order valence-corrected chi connectivity index (χ1v) is 5.93. The minimum absolute atomic E-state index is 0.0136. The van der Waals surface area contributed by atoms with Crippen molar-refractivity contribution in [1.82, 2.24) is 10.2 Å². The molecule has 17 heavy (non-hydrogen) atoms. The SMILES string of the molecule is CCCC(C)NC(=O)N1C[C@H](O)C[C@@H]1C(=O)O. The molecule has 0 bridgehead atoms. The van der Waals surface area contributed by atoms with E-state index in [1.165, 1.54) is 4.90 Å². The summed E-state index contributed by atoms with van der Waals surface area (Å²) >= 11 is 0. The molecule has 98 valence electrons. The summed E-state index contributed by atoms with van der Waals surface area (Å²) in [5.74, 6) is -1.07. The summed E-state index contributed by atoms with van der Waals surface area (Å²) in [6, 6.07) is -1.31. The van der Waals surface area contributed by atoms with Crippen LogP contribution in [0.25, 0.3) is 0 Å². The van der Waals surface area contributed by atoms with Crippen LogP contribution in [0.4, 0.5) is 4.79 Å². The predicted octanol–water partition coefficient (Wildman–Crippen LogP) is 0.404. The number of likely N-dealkylation sites (tertiary alicyclic amines) is 1. The van der Waals surface area contributed by atoms with Crippen molar-refractivity contribution in [2.75, 3.05) is 6.54 Å². The maximum absolute atomic E-state index is 11.8. The first-order chi connectivity index (χ1) is 7.95. The molecule has 2 amide bonds. The molecule has 1 aliphatic heterocycles. The van der Waals surface area contributed by atoms with Crippen LogP contribution >= 0.6 is 0 Å². The van der Waals surface area contributed by atoms with Gasteiger partial charge in [-0.1, -0.05) is 13.3 Å². The molecule has 1 fully saturated rings. The number of carbonyl (C=O) groups is 2. The van der Waals surface area contributed by atoms with Crippen LogP contribution in [0.1, 0.15) is 33.1 Å². The Kier molecular flexibility index (Phi) is 4.74. The maximum atomic E-state index is 11.8. The lowest BCUT2D eigenvalue weighted by atomic mass is 10.2. The molecule has 3 N–H and O–H groups in total. The van der Waals surface area contributed by atoms with Gasteiger partial charge in [0, 0.05) is 19.0 Å². The number of nitrogens with one attached hydrogen (secondary N) is 1. The van der Waals surface area contributed by atoms with Crippen molar-refractivity contribution in [3.05, 3.63) is 0 Å². The third-order valence-corrected chi connectivity index (χ3v) is 2.92. The number of rotatable bonds is 4. The highest BCUT2D eigenvalue weighted by atomic mass is 16.4. The van der Waals surface area contributed by atoms with Crippen LogP contribution in [0, 0.1) is 0 Å². The number of aliphatic carboxylic acids is 1. The van der Waals surface area contributed by atoms with Crippen LogP contribution in [0.2, 0.25) is 0 Å². The summed E-state index contributed by atoms with van der Waals surface area (Å²) < 4.78 is 0. The zero-order valence-corrected chi connectivity index (χ0v) is 10.2. The van der Waals surface area contributed by atoms with Crippen LogP contribution in [0.5, 0.6) is 0 Å². The molecule has 1 aliphatic rings. The minimum Gasteiger partial charge on any atom is -0.480 e. The van der Waals surface area contributed by atoms with Crippen molar-refractivity contribution < 1.29 is 19.8 Å². The molecule has 3 atom stereocenters. The molecule has 1 rings (SSSR count). The van der Waals surface area contributed by atoms with Crippen molar-refractivity contribution in [3.8, 4) is 0 Å². The predicted molar refractivity (Wildman–Crippen MR) is 61.7 cm³/mol. The Morgan fingerprint density at radius 3 is 2.71 bits per heavy atom. The number of aliphatic hydroxyl groups excluding tert-OH is 1. The fourth-order valence-electron chi connectivity index (χ4n) is 2.07. The van der Waals surface area contributed by atoms with E-state index in [4.69, 9.17) is 5.11 Å². The van der Waals surface area contributed by atoms with Gasteiger partial charge < -0.3 is 20.4 Å². The topological polar surface area (TPSA) is 89.9 Å². The largest absolute Gasteiger partial charge is 0.480 e. The van der Waals surface area contributed by atoms with Gasteiger partial charge in [-0.2, -0.15) is 0 Å². The number of hydrogen-bond acceptors (Lipinski definition) is 3. The van der Waals surface area contributed by atoms with E-state index in [1.54, 1.807) is 0 Å². The second-order valence-electron chi connectivity index (χ2n) is 4.54. The number of β-amino-alcohol motifs (C(OH)–C–C–N with tert-alkyl or cyclic N) is 1. The summed E-state index contributed by atoms with van der Waals surface area (Å²) in [5, 5.41) is 21.1. The van der Waals surface area contributed by atoms with Gasteiger partial charge in [-0.05, 0) is 13.3 Å². The fraction of sp³-hybridized carbons (Fsp3) is 0.818. The van der Waals surface area contributed by atoms with Gasteiger partial charge in [0.25, 0.3) is 0 Å². The number of urea groups is 1. The number of carboxylic acids is 1. The highest BCUT2D eigenvalue weighted by Gasteiger charge is 2.39. The normalized spacial score (nSPS) is 25.7. The van der Waals surface area contributed by atoms with Crippen molar-refractivity contribution in [1.29, 1.82) is 0 Å². The van der Waals surface area contributed by atoms with E-state index < -0.39 is 24.1 Å². The average molecular weight is 244 g/mol.